The highest BCUT2D eigenvalue weighted by Gasteiger charge is 2.16. The average Bonchev–Trinajstić information content (AvgIpc) is 3.48. The summed E-state index contributed by atoms with van der Waals surface area (Å²) in [5.74, 6) is 0. The lowest BCUT2D eigenvalue weighted by atomic mass is 10.2. The van der Waals surface area contributed by atoms with E-state index in [1.54, 1.807) is 34.0 Å². The summed E-state index contributed by atoms with van der Waals surface area (Å²) < 4.78 is 6.69. The van der Waals surface area contributed by atoms with E-state index in [1.165, 1.54) is 32.5 Å². The van der Waals surface area contributed by atoms with Crippen LogP contribution in [0.5, 0.6) is 0 Å². The third-order valence-corrected chi connectivity index (χ3v) is 8.24. The molecular formula is C20H18N6S3. The first-order valence-corrected chi connectivity index (χ1v) is 11.9. The zero-order chi connectivity index (χ0) is 19.7. The number of nitrogens with zero attached hydrogens (tertiary/aromatic N) is 6. The summed E-state index contributed by atoms with van der Waals surface area (Å²) >= 11 is 5.21. The van der Waals surface area contributed by atoms with Gasteiger partial charge in [0.2, 0.25) is 0 Å². The Morgan fingerprint density at radius 3 is 2.45 bits per heavy atom. The number of hydrogen-bond donors (Lipinski definition) is 0. The third-order valence-electron chi connectivity index (χ3n) is 5.30. The maximum Gasteiger partial charge on any atom is 0.194 e. The van der Waals surface area contributed by atoms with E-state index in [1.807, 2.05) is 12.4 Å². The molecule has 0 saturated carbocycles. The van der Waals surface area contributed by atoms with E-state index in [4.69, 9.17) is 4.98 Å². The number of imidazole rings is 3. The van der Waals surface area contributed by atoms with Gasteiger partial charge in [0, 0.05) is 63.6 Å². The van der Waals surface area contributed by atoms with Crippen molar-refractivity contribution in [3.8, 4) is 0 Å². The molecule has 0 aliphatic carbocycles. The molecule has 6 rings (SSSR count). The van der Waals surface area contributed by atoms with Crippen molar-refractivity contribution >= 4 is 48.9 Å². The minimum atomic E-state index is 0.872. The van der Waals surface area contributed by atoms with Gasteiger partial charge in [0.1, 0.15) is 0 Å². The predicted molar refractivity (Wildman–Crippen MR) is 119 cm³/mol. The monoisotopic (exact) mass is 438 g/mol. The number of thiazole rings is 3. The normalized spacial score (nSPS) is 12.2. The topological polar surface area (TPSA) is 51.9 Å². The van der Waals surface area contributed by atoms with E-state index >= 15 is 0 Å². The van der Waals surface area contributed by atoms with Crippen molar-refractivity contribution in [1.82, 2.24) is 28.2 Å². The summed E-state index contributed by atoms with van der Waals surface area (Å²) in [7, 11) is 0. The van der Waals surface area contributed by atoms with E-state index in [0.717, 1.165) is 33.4 Å². The Morgan fingerprint density at radius 1 is 0.828 bits per heavy atom. The second kappa shape index (κ2) is 6.25. The maximum absolute atomic E-state index is 4.83. The fourth-order valence-corrected chi connectivity index (χ4v) is 6.77. The summed E-state index contributed by atoms with van der Waals surface area (Å²) in [4.78, 5) is 19.6. The van der Waals surface area contributed by atoms with Gasteiger partial charge in [0.25, 0.3) is 0 Å². The van der Waals surface area contributed by atoms with Crippen molar-refractivity contribution in [1.29, 1.82) is 0 Å². The molecule has 0 radical (unpaired) electrons. The number of fused-ring (bicyclic) bond motifs is 3. The molecule has 0 aromatic carbocycles. The van der Waals surface area contributed by atoms with E-state index < -0.39 is 0 Å². The standard InChI is InChI=1S/C20H18N6S3/c1-11-6-21-18-24(11)8-16(28-18)5-17-13(3)23-20-25(17)9-15(29-20)4-14-7-22-19-26(14)12(2)10-27-19/h6-10H,4-5H2,1-3H3. The van der Waals surface area contributed by atoms with Gasteiger partial charge in [-0.25, -0.2) is 15.0 Å². The van der Waals surface area contributed by atoms with Crippen LogP contribution in [0.25, 0.3) is 14.9 Å². The Balaban J connectivity index is 1.36. The first-order valence-electron chi connectivity index (χ1n) is 9.36. The molecule has 0 fully saturated rings. The second-order valence-corrected chi connectivity index (χ2v) is 10.4. The highest BCUT2D eigenvalue weighted by atomic mass is 32.1. The minimum Gasteiger partial charge on any atom is -0.295 e. The second-order valence-electron chi connectivity index (χ2n) is 7.34. The number of rotatable bonds is 4. The molecule has 0 amide bonds. The highest BCUT2D eigenvalue weighted by Crippen LogP contribution is 2.28. The third kappa shape index (κ3) is 2.68. The lowest BCUT2D eigenvalue weighted by Gasteiger charge is -2.00. The fraction of sp³-hybridized carbons (Fsp3) is 0.250. The number of hydrogen-bond acceptors (Lipinski definition) is 6. The van der Waals surface area contributed by atoms with Gasteiger partial charge in [-0.15, -0.1) is 34.0 Å². The Kier molecular flexibility index (Phi) is 3.75. The van der Waals surface area contributed by atoms with Crippen molar-refractivity contribution in [2.45, 2.75) is 33.6 Å². The first-order chi connectivity index (χ1) is 14.1. The van der Waals surface area contributed by atoms with Crippen LogP contribution in [0, 0.1) is 20.8 Å². The van der Waals surface area contributed by atoms with Crippen LogP contribution in [-0.2, 0) is 12.8 Å². The zero-order valence-electron chi connectivity index (χ0n) is 16.2. The van der Waals surface area contributed by atoms with Crippen molar-refractivity contribution in [3.05, 3.63) is 68.4 Å². The summed E-state index contributed by atoms with van der Waals surface area (Å²) in [6.07, 6.45) is 10.1. The van der Waals surface area contributed by atoms with Gasteiger partial charge in [-0.1, -0.05) is 0 Å². The molecule has 0 N–H and O–H groups in total. The largest absolute Gasteiger partial charge is 0.295 e. The maximum atomic E-state index is 4.83. The molecule has 0 spiro atoms. The molecule has 0 aliphatic heterocycles. The molecule has 0 atom stereocenters. The van der Waals surface area contributed by atoms with E-state index in [0.29, 0.717) is 0 Å². The van der Waals surface area contributed by atoms with Crippen LogP contribution in [0.15, 0.2) is 30.2 Å². The number of aromatic nitrogens is 6. The van der Waals surface area contributed by atoms with Crippen molar-refractivity contribution in [2.24, 2.45) is 0 Å². The lowest BCUT2D eigenvalue weighted by Crippen LogP contribution is -1.95. The SMILES string of the molecule is Cc1nc2sc(Cc3cnc4scc(C)n34)cn2c1Cc1cn2c(C)cnc2s1. The van der Waals surface area contributed by atoms with Crippen LogP contribution in [0.2, 0.25) is 0 Å². The Bertz CT molecular complexity index is 1500. The molecule has 9 heteroatoms. The van der Waals surface area contributed by atoms with Crippen LogP contribution in [0.3, 0.4) is 0 Å². The van der Waals surface area contributed by atoms with Crippen LogP contribution in [0.1, 0.15) is 38.2 Å². The molecule has 6 aromatic rings. The summed E-state index contributed by atoms with van der Waals surface area (Å²) in [6.45, 7) is 6.33. The molecule has 6 aromatic heterocycles. The first kappa shape index (κ1) is 17.4. The van der Waals surface area contributed by atoms with Crippen LogP contribution in [-0.4, -0.2) is 28.2 Å². The van der Waals surface area contributed by atoms with Gasteiger partial charge in [-0.3, -0.25) is 13.2 Å². The van der Waals surface area contributed by atoms with E-state index in [2.05, 4.69) is 61.7 Å². The highest BCUT2D eigenvalue weighted by molar-refractivity contribution is 7.17. The average molecular weight is 439 g/mol. The van der Waals surface area contributed by atoms with Gasteiger partial charge >= 0.3 is 0 Å². The molecule has 0 aliphatic rings. The van der Waals surface area contributed by atoms with Gasteiger partial charge < -0.3 is 0 Å². The van der Waals surface area contributed by atoms with Crippen LogP contribution < -0.4 is 0 Å². The summed E-state index contributed by atoms with van der Waals surface area (Å²) in [5.41, 5.74) is 6.01. The summed E-state index contributed by atoms with van der Waals surface area (Å²) in [5, 5.41) is 2.16. The Labute approximate surface area is 178 Å². The van der Waals surface area contributed by atoms with Gasteiger partial charge in [0.05, 0.1) is 17.6 Å². The van der Waals surface area contributed by atoms with Gasteiger partial charge in [0.15, 0.2) is 14.9 Å². The molecule has 146 valence electrons. The Morgan fingerprint density at radius 2 is 1.59 bits per heavy atom. The predicted octanol–water partition coefficient (Wildman–Crippen LogP) is 4.92. The number of aryl methyl sites for hydroxylation is 3. The molecule has 6 heterocycles. The molecular weight excluding hydrogens is 420 g/mol. The lowest BCUT2D eigenvalue weighted by molar-refractivity contribution is 0.987. The van der Waals surface area contributed by atoms with Crippen molar-refractivity contribution in [2.75, 3.05) is 0 Å². The molecule has 0 saturated heterocycles. The van der Waals surface area contributed by atoms with Crippen LogP contribution in [0.4, 0.5) is 0 Å². The summed E-state index contributed by atoms with van der Waals surface area (Å²) in [6, 6.07) is 0. The van der Waals surface area contributed by atoms with E-state index in [9.17, 15) is 0 Å². The van der Waals surface area contributed by atoms with Crippen molar-refractivity contribution in [3.63, 3.8) is 0 Å². The van der Waals surface area contributed by atoms with E-state index in [-0.39, 0.29) is 0 Å². The fourth-order valence-electron chi connectivity index (χ4n) is 3.85. The molecule has 6 nitrogen and oxygen atoms in total. The molecule has 0 unspecified atom stereocenters. The smallest absolute Gasteiger partial charge is 0.194 e. The molecule has 29 heavy (non-hydrogen) atoms. The van der Waals surface area contributed by atoms with Crippen LogP contribution >= 0.6 is 34.0 Å². The van der Waals surface area contributed by atoms with Gasteiger partial charge in [-0.2, -0.15) is 0 Å². The van der Waals surface area contributed by atoms with Crippen molar-refractivity contribution < 1.29 is 0 Å². The quantitative estimate of drug-likeness (QED) is 0.392. The Hall–Kier alpha value is -2.49. The van der Waals surface area contributed by atoms with Gasteiger partial charge in [-0.05, 0) is 20.8 Å². The minimum absolute atomic E-state index is 0.872. The zero-order valence-corrected chi connectivity index (χ0v) is 18.7. The molecule has 0 bridgehead atoms.